The molecule has 8 nitrogen and oxygen atoms in total. The number of benzene rings is 1. The molecule has 140 valence electrons. The minimum absolute atomic E-state index is 0.0541. The zero-order valence-corrected chi connectivity index (χ0v) is 15.6. The van der Waals surface area contributed by atoms with Gasteiger partial charge in [-0.25, -0.2) is 4.79 Å². The molecule has 0 bridgehead atoms. The fraction of sp³-hybridized carbons (Fsp3) is 0.294. The first-order valence-electron chi connectivity index (χ1n) is 8.29. The fourth-order valence-electron chi connectivity index (χ4n) is 2.69. The molecule has 0 aliphatic heterocycles. The second-order valence-electron chi connectivity index (χ2n) is 6.26. The van der Waals surface area contributed by atoms with Gasteiger partial charge in [0.25, 0.3) is 5.56 Å². The van der Waals surface area contributed by atoms with E-state index in [9.17, 15) is 13.8 Å². The van der Waals surface area contributed by atoms with Crippen molar-refractivity contribution >= 4 is 22.4 Å². The maximum Gasteiger partial charge on any atom is 0.328 e. The van der Waals surface area contributed by atoms with Gasteiger partial charge in [-0.15, -0.1) is 0 Å². The lowest BCUT2D eigenvalue weighted by Crippen LogP contribution is -2.37. The van der Waals surface area contributed by atoms with Crippen molar-refractivity contribution in [2.45, 2.75) is 36.0 Å². The molecule has 1 aromatic carbocycles. The highest BCUT2D eigenvalue weighted by molar-refractivity contribution is 7.84. The highest BCUT2D eigenvalue weighted by Gasteiger charge is 2.27. The third kappa shape index (κ3) is 3.93. The van der Waals surface area contributed by atoms with E-state index in [0.29, 0.717) is 15.5 Å². The zero-order chi connectivity index (χ0) is 19.0. The fourth-order valence-corrected chi connectivity index (χ4v) is 3.78. The maximum atomic E-state index is 12.5. The molecule has 2 heterocycles. The van der Waals surface area contributed by atoms with Gasteiger partial charge >= 0.3 is 5.69 Å². The summed E-state index contributed by atoms with van der Waals surface area (Å²) in [5.41, 5.74) is -0.280. The van der Waals surface area contributed by atoms with Crippen molar-refractivity contribution in [2.24, 2.45) is 0 Å². The second kappa shape index (κ2) is 7.24. The van der Waals surface area contributed by atoms with E-state index in [1.165, 1.54) is 6.20 Å². The van der Waals surface area contributed by atoms with E-state index in [2.05, 4.69) is 15.1 Å². The van der Waals surface area contributed by atoms with E-state index < -0.39 is 16.5 Å². The first kappa shape index (κ1) is 17.9. The molecule has 4 rings (SSSR count). The zero-order valence-electron chi connectivity index (χ0n) is 14.1. The Bertz CT molecular complexity index is 1110. The number of hydrogen-bond donors (Lipinski definition) is 1. The lowest BCUT2D eigenvalue weighted by atomic mass is 10.2. The predicted octanol–water partition coefficient (Wildman–Crippen LogP) is 1.81. The molecule has 1 aliphatic rings. The first-order chi connectivity index (χ1) is 13.0. The van der Waals surface area contributed by atoms with Gasteiger partial charge in [-0.3, -0.25) is 13.6 Å². The van der Waals surface area contributed by atoms with Crippen molar-refractivity contribution in [3.63, 3.8) is 0 Å². The Kier molecular flexibility index (Phi) is 4.79. The summed E-state index contributed by atoms with van der Waals surface area (Å²) in [5.74, 6) is 0.610. The van der Waals surface area contributed by atoms with E-state index >= 15 is 0 Å². The van der Waals surface area contributed by atoms with E-state index in [1.54, 1.807) is 24.3 Å². The molecule has 1 N–H and O–H groups in total. The Balaban J connectivity index is 1.51. The average Bonchev–Trinajstić information content (AvgIpc) is 3.39. The standard InChI is InChI=1S/C17H15ClN4O4S/c18-11-3-5-12(6-4-11)27(25)9-14-20-15(26-21-14)8-22-16(23)13(10-1-2-10)7-19-17(22)24/h3-7,10H,1-2,8-9H2,(H,19,24). The van der Waals surface area contributed by atoms with Gasteiger partial charge in [0.2, 0.25) is 5.89 Å². The number of nitrogens with one attached hydrogen (secondary N) is 1. The molecular formula is C17H15ClN4O4S. The van der Waals surface area contributed by atoms with Gasteiger partial charge in [0.1, 0.15) is 6.54 Å². The van der Waals surface area contributed by atoms with Crippen LogP contribution in [0.5, 0.6) is 0 Å². The van der Waals surface area contributed by atoms with Crippen molar-refractivity contribution in [1.82, 2.24) is 19.7 Å². The summed E-state index contributed by atoms with van der Waals surface area (Å²) in [7, 11) is -1.37. The number of halogens is 1. The molecule has 0 saturated heterocycles. The molecule has 0 radical (unpaired) electrons. The summed E-state index contributed by atoms with van der Waals surface area (Å²) >= 11 is 5.82. The summed E-state index contributed by atoms with van der Waals surface area (Å²) in [5, 5.41) is 4.35. The molecule has 10 heteroatoms. The predicted molar refractivity (Wildman–Crippen MR) is 98.3 cm³/mol. The number of rotatable bonds is 6. The first-order valence-corrected chi connectivity index (χ1v) is 9.99. The van der Waals surface area contributed by atoms with Gasteiger partial charge in [-0.2, -0.15) is 4.98 Å². The average molecular weight is 407 g/mol. The lowest BCUT2D eigenvalue weighted by Gasteiger charge is -2.03. The molecule has 1 saturated carbocycles. The number of aromatic amines is 1. The van der Waals surface area contributed by atoms with Crippen molar-refractivity contribution in [1.29, 1.82) is 0 Å². The number of nitrogens with zero attached hydrogens (tertiary/aromatic N) is 3. The van der Waals surface area contributed by atoms with Crippen molar-refractivity contribution in [3.05, 3.63) is 73.6 Å². The van der Waals surface area contributed by atoms with Gasteiger partial charge < -0.3 is 9.51 Å². The van der Waals surface area contributed by atoms with Gasteiger partial charge in [0.15, 0.2) is 5.82 Å². The number of aromatic nitrogens is 4. The SMILES string of the molecule is O=c1[nH]cc(C2CC2)c(=O)n1Cc1nc(CS(=O)c2ccc(Cl)cc2)no1. The van der Waals surface area contributed by atoms with Crippen LogP contribution in [0.1, 0.15) is 36.0 Å². The summed E-state index contributed by atoms with van der Waals surface area (Å²) in [6.07, 6.45) is 3.37. The monoisotopic (exact) mass is 406 g/mol. The summed E-state index contributed by atoms with van der Waals surface area (Å²) in [6, 6.07) is 6.65. The Morgan fingerprint density at radius 1 is 1.26 bits per heavy atom. The second-order valence-corrected chi connectivity index (χ2v) is 8.15. The largest absolute Gasteiger partial charge is 0.337 e. The van der Waals surface area contributed by atoms with Gasteiger partial charge in [-0.1, -0.05) is 16.8 Å². The summed E-state index contributed by atoms with van der Waals surface area (Å²) < 4.78 is 18.5. The van der Waals surface area contributed by atoms with Crippen LogP contribution < -0.4 is 11.2 Å². The summed E-state index contributed by atoms with van der Waals surface area (Å²) in [4.78, 5) is 31.8. The van der Waals surface area contributed by atoms with E-state index in [1.807, 2.05) is 0 Å². The normalized spacial score (nSPS) is 15.0. The molecule has 1 unspecified atom stereocenters. The van der Waals surface area contributed by atoms with Crippen LogP contribution in [0.25, 0.3) is 0 Å². The molecule has 0 spiro atoms. The van der Waals surface area contributed by atoms with Crippen LogP contribution in [-0.4, -0.2) is 23.9 Å². The third-order valence-electron chi connectivity index (χ3n) is 4.25. The van der Waals surface area contributed by atoms with Crippen LogP contribution in [0.3, 0.4) is 0 Å². The number of hydrogen-bond acceptors (Lipinski definition) is 6. The quantitative estimate of drug-likeness (QED) is 0.668. The molecule has 1 aliphatic carbocycles. The minimum atomic E-state index is -1.37. The highest BCUT2D eigenvalue weighted by Crippen LogP contribution is 2.37. The van der Waals surface area contributed by atoms with E-state index in [0.717, 1.165) is 17.4 Å². The topological polar surface area (TPSA) is 111 Å². The van der Waals surface area contributed by atoms with Gasteiger partial charge in [0, 0.05) is 21.7 Å². The molecular weight excluding hydrogens is 392 g/mol. The van der Waals surface area contributed by atoms with Gasteiger partial charge in [-0.05, 0) is 43.0 Å². The lowest BCUT2D eigenvalue weighted by molar-refractivity contribution is 0.363. The Hall–Kier alpha value is -2.52. The Labute approximate surface area is 160 Å². The van der Waals surface area contributed by atoms with Crippen LogP contribution in [0.15, 0.2) is 49.5 Å². The van der Waals surface area contributed by atoms with Crippen LogP contribution in [0.4, 0.5) is 0 Å². The van der Waals surface area contributed by atoms with Gasteiger partial charge in [0.05, 0.1) is 16.6 Å². The smallest absolute Gasteiger partial charge is 0.328 e. The van der Waals surface area contributed by atoms with Crippen LogP contribution >= 0.6 is 11.6 Å². The van der Waals surface area contributed by atoms with Crippen LogP contribution in [0.2, 0.25) is 5.02 Å². The number of H-pyrrole nitrogens is 1. The molecule has 1 atom stereocenters. The van der Waals surface area contributed by atoms with Crippen molar-refractivity contribution < 1.29 is 8.73 Å². The van der Waals surface area contributed by atoms with Crippen LogP contribution in [0, 0.1) is 0 Å². The van der Waals surface area contributed by atoms with E-state index in [4.69, 9.17) is 16.1 Å². The highest BCUT2D eigenvalue weighted by atomic mass is 35.5. The van der Waals surface area contributed by atoms with Crippen LogP contribution in [-0.2, 0) is 23.1 Å². The Morgan fingerprint density at radius 2 is 2.00 bits per heavy atom. The molecule has 0 amide bonds. The van der Waals surface area contributed by atoms with Crippen molar-refractivity contribution in [2.75, 3.05) is 0 Å². The molecule has 3 aromatic rings. The Morgan fingerprint density at radius 3 is 2.70 bits per heavy atom. The molecule has 1 fully saturated rings. The molecule has 27 heavy (non-hydrogen) atoms. The third-order valence-corrected chi connectivity index (χ3v) is 5.82. The maximum absolute atomic E-state index is 12.5. The van der Waals surface area contributed by atoms with Crippen molar-refractivity contribution in [3.8, 4) is 0 Å². The van der Waals surface area contributed by atoms with E-state index in [-0.39, 0.29) is 35.5 Å². The summed E-state index contributed by atoms with van der Waals surface area (Å²) in [6.45, 7) is -0.130. The molecule has 2 aromatic heterocycles. The minimum Gasteiger partial charge on any atom is -0.337 e.